The monoisotopic (exact) mass is 322 g/mol. The Morgan fingerprint density at radius 3 is 2.56 bits per heavy atom. The molecular weight excluding hydrogens is 308 g/mol. The summed E-state index contributed by atoms with van der Waals surface area (Å²) in [6.45, 7) is 0.719. The number of rotatable bonds is 3. The molecule has 0 aliphatic heterocycles. The van der Waals surface area contributed by atoms with Crippen molar-refractivity contribution in [3.63, 3.8) is 0 Å². The highest BCUT2D eigenvalue weighted by Crippen LogP contribution is 2.43. The third-order valence-electron chi connectivity index (χ3n) is 3.84. The van der Waals surface area contributed by atoms with E-state index >= 15 is 0 Å². The largest absolute Gasteiger partial charge is 0.330 e. The molecule has 1 aliphatic carbocycles. The van der Waals surface area contributed by atoms with E-state index in [0.717, 1.165) is 16.0 Å². The number of aromatic nitrogens is 1. The van der Waals surface area contributed by atoms with Crippen LogP contribution in [0.2, 0.25) is 0 Å². The van der Waals surface area contributed by atoms with E-state index in [1.807, 2.05) is 0 Å². The van der Waals surface area contributed by atoms with Gasteiger partial charge in [-0.3, -0.25) is 0 Å². The molecule has 94 valence electrons. The Balaban J connectivity index is 1.91. The third-order valence-corrected chi connectivity index (χ3v) is 5.26. The summed E-state index contributed by atoms with van der Waals surface area (Å²) in [5.41, 5.74) is 8.47. The summed E-state index contributed by atoms with van der Waals surface area (Å²) >= 11 is 5.17. The number of halogens is 1. The standard InChI is InChI=1S/C14H15BrN2S/c15-11-4-2-10(3-5-11)13-17-12(8-18-13)14(9-16)6-1-7-14/h2-5,8H,1,6-7,9,16H2. The van der Waals surface area contributed by atoms with Gasteiger partial charge in [-0.15, -0.1) is 11.3 Å². The van der Waals surface area contributed by atoms with E-state index in [0.29, 0.717) is 0 Å². The Morgan fingerprint density at radius 1 is 1.28 bits per heavy atom. The summed E-state index contributed by atoms with van der Waals surface area (Å²) in [5.74, 6) is 0. The smallest absolute Gasteiger partial charge is 0.123 e. The molecule has 3 rings (SSSR count). The number of nitrogens with zero attached hydrogens (tertiary/aromatic N) is 1. The van der Waals surface area contributed by atoms with Crippen LogP contribution in [0.15, 0.2) is 34.1 Å². The molecule has 4 heteroatoms. The predicted molar refractivity (Wildman–Crippen MR) is 79.8 cm³/mol. The first kappa shape index (κ1) is 12.3. The molecule has 1 fully saturated rings. The molecule has 1 aliphatic rings. The molecule has 0 bridgehead atoms. The molecule has 1 saturated carbocycles. The lowest BCUT2D eigenvalue weighted by Gasteiger charge is -2.39. The van der Waals surface area contributed by atoms with Crippen molar-refractivity contribution < 1.29 is 0 Å². The van der Waals surface area contributed by atoms with Crippen molar-refractivity contribution in [1.82, 2.24) is 4.98 Å². The summed E-state index contributed by atoms with van der Waals surface area (Å²) in [6, 6.07) is 8.31. The van der Waals surface area contributed by atoms with Crippen LogP contribution in [-0.4, -0.2) is 11.5 Å². The third kappa shape index (κ3) is 2.02. The van der Waals surface area contributed by atoms with Crippen molar-refractivity contribution in [2.45, 2.75) is 24.7 Å². The number of hydrogen-bond acceptors (Lipinski definition) is 3. The van der Waals surface area contributed by atoms with Crippen LogP contribution in [0, 0.1) is 0 Å². The van der Waals surface area contributed by atoms with Crippen LogP contribution in [0.25, 0.3) is 10.6 Å². The topological polar surface area (TPSA) is 38.9 Å². The first-order valence-electron chi connectivity index (χ1n) is 6.15. The molecule has 1 aromatic carbocycles. The van der Waals surface area contributed by atoms with Gasteiger partial charge in [0.05, 0.1) is 5.69 Å². The summed E-state index contributed by atoms with van der Waals surface area (Å²) in [7, 11) is 0. The lowest BCUT2D eigenvalue weighted by atomic mass is 9.67. The maximum atomic E-state index is 5.93. The fourth-order valence-electron chi connectivity index (χ4n) is 2.41. The molecule has 0 unspecified atom stereocenters. The number of benzene rings is 1. The van der Waals surface area contributed by atoms with Crippen LogP contribution in [0.3, 0.4) is 0 Å². The van der Waals surface area contributed by atoms with E-state index in [9.17, 15) is 0 Å². The van der Waals surface area contributed by atoms with Crippen molar-refractivity contribution in [2.24, 2.45) is 5.73 Å². The fraction of sp³-hybridized carbons (Fsp3) is 0.357. The molecule has 2 N–H and O–H groups in total. The van der Waals surface area contributed by atoms with E-state index in [1.54, 1.807) is 11.3 Å². The Labute approximate surface area is 119 Å². The van der Waals surface area contributed by atoms with Gasteiger partial charge in [0.25, 0.3) is 0 Å². The van der Waals surface area contributed by atoms with Crippen LogP contribution in [-0.2, 0) is 5.41 Å². The van der Waals surface area contributed by atoms with Crippen LogP contribution in [0.4, 0.5) is 0 Å². The quantitative estimate of drug-likeness (QED) is 0.929. The second kappa shape index (κ2) is 4.76. The Bertz CT molecular complexity index is 538. The summed E-state index contributed by atoms with van der Waals surface area (Å²) in [4.78, 5) is 4.80. The van der Waals surface area contributed by atoms with Crippen molar-refractivity contribution in [3.05, 3.63) is 39.8 Å². The van der Waals surface area contributed by atoms with Gasteiger partial charge >= 0.3 is 0 Å². The van der Waals surface area contributed by atoms with Crippen LogP contribution < -0.4 is 5.73 Å². The number of thiazole rings is 1. The van der Waals surface area contributed by atoms with Gasteiger partial charge in [0.2, 0.25) is 0 Å². The van der Waals surface area contributed by atoms with Crippen molar-refractivity contribution >= 4 is 27.3 Å². The molecule has 18 heavy (non-hydrogen) atoms. The molecule has 0 saturated heterocycles. The molecule has 1 aromatic heterocycles. The van der Waals surface area contributed by atoms with Crippen LogP contribution in [0.1, 0.15) is 25.0 Å². The normalized spacial score (nSPS) is 17.4. The van der Waals surface area contributed by atoms with Gasteiger partial charge in [-0.25, -0.2) is 4.98 Å². The van der Waals surface area contributed by atoms with Gasteiger partial charge in [0.1, 0.15) is 5.01 Å². The molecule has 1 heterocycles. The van der Waals surface area contributed by atoms with Gasteiger partial charge in [-0.1, -0.05) is 34.5 Å². The zero-order valence-electron chi connectivity index (χ0n) is 10.0. The van der Waals surface area contributed by atoms with Gasteiger partial charge in [0.15, 0.2) is 0 Å². The molecule has 2 nitrogen and oxygen atoms in total. The Kier molecular flexibility index (Phi) is 3.26. The Morgan fingerprint density at radius 2 is 2.00 bits per heavy atom. The first-order chi connectivity index (χ1) is 8.73. The first-order valence-corrected chi connectivity index (χ1v) is 7.83. The van der Waals surface area contributed by atoms with Crippen molar-refractivity contribution in [1.29, 1.82) is 0 Å². The van der Waals surface area contributed by atoms with Gasteiger partial charge < -0.3 is 5.73 Å². The lowest BCUT2D eigenvalue weighted by Crippen LogP contribution is -2.41. The van der Waals surface area contributed by atoms with Gasteiger partial charge in [-0.2, -0.15) is 0 Å². The minimum absolute atomic E-state index is 0.171. The summed E-state index contributed by atoms with van der Waals surface area (Å²) < 4.78 is 1.10. The van der Waals surface area contributed by atoms with Gasteiger partial charge in [0, 0.05) is 27.4 Å². The zero-order chi connectivity index (χ0) is 12.6. The van der Waals surface area contributed by atoms with E-state index in [4.69, 9.17) is 10.7 Å². The highest BCUT2D eigenvalue weighted by Gasteiger charge is 2.39. The molecule has 2 aromatic rings. The molecule has 0 atom stereocenters. The Hall–Kier alpha value is -0.710. The van der Waals surface area contributed by atoms with Crippen molar-refractivity contribution in [2.75, 3.05) is 6.54 Å². The predicted octanol–water partition coefficient (Wildman–Crippen LogP) is 3.95. The molecular formula is C14H15BrN2S. The van der Waals surface area contributed by atoms with E-state index in [-0.39, 0.29) is 5.41 Å². The molecule has 0 amide bonds. The van der Waals surface area contributed by atoms with Crippen molar-refractivity contribution in [3.8, 4) is 10.6 Å². The van der Waals surface area contributed by atoms with E-state index in [1.165, 1.54) is 30.5 Å². The molecule has 0 radical (unpaired) electrons. The fourth-order valence-corrected chi connectivity index (χ4v) is 3.62. The maximum Gasteiger partial charge on any atom is 0.123 e. The number of hydrogen-bond donors (Lipinski definition) is 1. The SMILES string of the molecule is NCC1(c2csc(-c3ccc(Br)cc3)n2)CCC1. The summed E-state index contributed by atoms with van der Waals surface area (Å²) in [5, 5.41) is 3.28. The minimum atomic E-state index is 0.171. The average molecular weight is 323 g/mol. The van der Waals surface area contributed by atoms with Crippen LogP contribution in [0.5, 0.6) is 0 Å². The maximum absolute atomic E-state index is 5.93. The second-order valence-corrected chi connectivity index (χ2v) is 6.66. The van der Waals surface area contributed by atoms with Crippen LogP contribution >= 0.6 is 27.3 Å². The minimum Gasteiger partial charge on any atom is -0.330 e. The zero-order valence-corrected chi connectivity index (χ0v) is 12.4. The highest BCUT2D eigenvalue weighted by atomic mass is 79.9. The highest BCUT2D eigenvalue weighted by molar-refractivity contribution is 9.10. The molecule has 0 spiro atoms. The number of nitrogens with two attached hydrogens (primary N) is 1. The summed E-state index contributed by atoms with van der Waals surface area (Å²) in [6.07, 6.45) is 3.66. The van der Waals surface area contributed by atoms with Gasteiger partial charge in [-0.05, 0) is 25.0 Å². The van der Waals surface area contributed by atoms with E-state index < -0.39 is 0 Å². The van der Waals surface area contributed by atoms with E-state index in [2.05, 4.69) is 45.6 Å². The lowest BCUT2D eigenvalue weighted by molar-refractivity contribution is 0.247. The second-order valence-electron chi connectivity index (χ2n) is 4.88. The average Bonchev–Trinajstić information content (AvgIpc) is 2.79.